The predicted molar refractivity (Wildman–Crippen MR) is 63.9 cm³/mol. The second-order valence-corrected chi connectivity index (χ2v) is 3.90. The summed E-state index contributed by atoms with van der Waals surface area (Å²) in [7, 11) is 0. The van der Waals surface area contributed by atoms with E-state index in [0.717, 1.165) is 12.8 Å². The fraction of sp³-hybridized carbons (Fsp3) is 0.818. The second kappa shape index (κ2) is 8.66. The molecule has 0 unspecified atom stereocenters. The third-order valence-corrected chi connectivity index (χ3v) is 2.73. The summed E-state index contributed by atoms with van der Waals surface area (Å²) in [6.07, 6.45) is 3.37. The van der Waals surface area contributed by atoms with Crippen molar-refractivity contribution in [2.75, 3.05) is 0 Å². The average Bonchev–Trinajstić information content (AvgIpc) is 2.17. The summed E-state index contributed by atoms with van der Waals surface area (Å²) in [5.74, 6) is -2.39. The Labute approximate surface area is 109 Å². The Kier molecular flexibility index (Phi) is 9.70. The molecule has 0 aromatic carbocycles. The molecule has 0 aromatic rings. The normalized spacial score (nSPS) is 10.6. The number of unbranched alkanes of at least 4 members (excludes halogenated alkanes) is 2. The fourth-order valence-electron chi connectivity index (χ4n) is 1.60. The third kappa shape index (κ3) is 4.59. The number of aliphatic carboxylic acids is 2. The molecule has 2 N–H and O–H groups in total. The Balaban J connectivity index is 0. The zero-order chi connectivity index (χ0) is 11.9. The van der Waals surface area contributed by atoms with Crippen molar-refractivity contribution in [2.24, 2.45) is 5.41 Å². The van der Waals surface area contributed by atoms with Crippen LogP contribution < -0.4 is 0 Å². The van der Waals surface area contributed by atoms with Gasteiger partial charge in [0.25, 0.3) is 0 Å². The Hall–Kier alpha value is -0.463. The van der Waals surface area contributed by atoms with E-state index < -0.39 is 17.4 Å². The van der Waals surface area contributed by atoms with Crippen LogP contribution in [0.3, 0.4) is 0 Å². The number of carboxylic acid groups (broad SMARTS) is 2. The fourth-order valence-corrected chi connectivity index (χ4v) is 1.60. The van der Waals surface area contributed by atoms with E-state index in [1.807, 2.05) is 13.8 Å². The van der Waals surface area contributed by atoms with Gasteiger partial charge in [0.15, 0.2) is 5.41 Å². The Bertz CT molecular complexity index is 204. The quantitative estimate of drug-likeness (QED) is 0.487. The molecule has 0 amide bonds. The van der Waals surface area contributed by atoms with Crippen molar-refractivity contribution in [1.29, 1.82) is 0 Å². The summed E-state index contributed by atoms with van der Waals surface area (Å²) >= 11 is 0. The van der Waals surface area contributed by atoms with Crippen molar-refractivity contribution in [2.45, 2.75) is 52.4 Å². The molecule has 0 atom stereocenters. The summed E-state index contributed by atoms with van der Waals surface area (Å²) < 4.78 is 0. The number of carboxylic acids is 2. The van der Waals surface area contributed by atoms with E-state index in [9.17, 15) is 9.59 Å². The number of hydrogen-bond donors (Lipinski definition) is 2. The van der Waals surface area contributed by atoms with Crippen molar-refractivity contribution < 1.29 is 19.8 Å². The number of carbonyl (C=O) groups is 2. The molecule has 16 heavy (non-hydrogen) atoms. The van der Waals surface area contributed by atoms with E-state index in [-0.39, 0.29) is 31.7 Å². The summed E-state index contributed by atoms with van der Waals surface area (Å²) in [4.78, 5) is 22.2. The molecule has 5 heteroatoms. The first-order valence-electron chi connectivity index (χ1n) is 5.48. The minimum absolute atomic E-state index is 0. The van der Waals surface area contributed by atoms with E-state index in [0.29, 0.717) is 12.8 Å². The maximum absolute atomic E-state index is 11.1. The molecule has 0 aliphatic heterocycles. The molecule has 0 rings (SSSR count). The van der Waals surface area contributed by atoms with Crippen molar-refractivity contribution in [3.8, 4) is 0 Å². The van der Waals surface area contributed by atoms with Gasteiger partial charge in [-0.1, -0.05) is 39.5 Å². The van der Waals surface area contributed by atoms with Gasteiger partial charge in [0.05, 0.1) is 0 Å². The van der Waals surface area contributed by atoms with E-state index >= 15 is 0 Å². The van der Waals surface area contributed by atoms with E-state index in [4.69, 9.17) is 10.2 Å². The zero-order valence-corrected chi connectivity index (χ0v) is 9.45. The summed E-state index contributed by atoms with van der Waals surface area (Å²) in [5.41, 5.74) is -1.56. The van der Waals surface area contributed by atoms with E-state index in [2.05, 4.69) is 0 Å². The van der Waals surface area contributed by atoms with Crippen LogP contribution >= 0.6 is 0 Å². The first-order valence-corrected chi connectivity index (χ1v) is 5.48. The SMILES string of the molecule is CCCCC(CCCC)(C(=O)O)C(=O)O.[LiH]. The van der Waals surface area contributed by atoms with Gasteiger partial charge in [-0.2, -0.15) is 0 Å². The van der Waals surface area contributed by atoms with Crippen LogP contribution in [0, 0.1) is 5.41 Å². The van der Waals surface area contributed by atoms with Gasteiger partial charge in [0.2, 0.25) is 0 Å². The van der Waals surface area contributed by atoms with Crippen molar-refractivity contribution in [3.63, 3.8) is 0 Å². The first-order chi connectivity index (χ1) is 7.01. The third-order valence-electron chi connectivity index (χ3n) is 2.73. The summed E-state index contributed by atoms with van der Waals surface area (Å²) in [5, 5.41) is 18.1. The topological polar surface area (TPSA) is 74.6 Å². The molecule has 0 saturated heterocycles. The van der Waals surface area contributed by atoms with Gasteiger partial charge in [0, 0.05) is 0 Å². The second-order valence-electron chi connectivity index (χ2n) is 3.90. The molecular weight excluding hydrogens is 203 g/mol. The molecule has 4 nitrogen and oxygen atoms in total. The van der Waals surface area contributed by atoms with Gasteiger partial charge in [-0.05, 0) is 12.8 Å². The van der Waals surface area contributed by atoms with Crippen LogP contribution in [0.25, 0.3) is 0 Å². The van der Waals surface area contributed by atoms with Gasteiger partial charge in [-0.25, -0.2) is 0 Å². The van der Waals surface area contributed by atoms with Crippen molar-refractivity contribution >= 4 is 30.8 Å². The van der Waals surface area contributed by atoms with Crippen LogP contribution in [-0.4, -0.2) is 41.0 Å². The zero-order valence-electron chi connectivity index (χ0n) is 9.45. The van der Waals surface area contributed by atoms with Gasteiger partial charge in [0.1, 0.15) is 0 Å². The van der Waals surface area contributed by atoms with Crippen molar-refractivity contribution in [3.05, 3.63) is 0 Å². The standard InChI is InChI=1S/C11H20O4.Li.H/c1-3-5-7-11(9(12)13,10(14)15)8-6-4-2;;/h3-8H2,1-2H3,(H,12,13)(H,14,15);;. The molecule has 0 saturated carbocycles. The van der Waals surface area contributed by atoms with Gasteiger partial charge >= 0.3 is 30.8 Å². The molecule has 0 heterocycles. The number of hydrogen-bond acceptors (Lipinski definition) is 2. The molecule has 0 aliphatic carbocycles. The van der Waals surface area contributed by atoms with Crippen LogP contribution in [-0.2, 0) is 9.59 Å². The summed E-state index contributed by atoms with van der Waals surface area (Å²) in [6, 6.07) is 0. The maximum atomic E-state index is 11.1. The van der Waals surface area contributed by atoms with Crippen LogP contribution in [0.2, 0.25) is 0 Å². The predicted octanol–water partition coefficient (Wildman–Crippen LogP) is 1.87. The van der Waals surface area contributed by atoms with Crippen LogP contribution in [0.1, 0.15) is 52.4 Å². The van der Waals surface area contributed by atoms with Gasteiger partial charge in [-0.15, -0.1) is 0 Å². The minimum atomic E-state index is -1.56. The van der Waals surface area contributed by atoms with Crippen LogP contribution in [0.5, 0.6) is 0 Å². The average molecular weight is 224 g/mol. The van der Waals surface area contributed by atoms with Crippen molar-refractivity contribution in [1.82, 2.24) is 0 Å². The molecule has 90 valence electrons. The Morgan fingerprint density at radius 1 is 0.938 bits per heavy atom. The Morgan fingerprint density at radius 3 is 1.44 bits per heavy atom. The monoisotopic (exact) mass is 224 g/mol. The van der Waals surface area contributed by atoms with Gasteiger partial charge in [-0.3, -0.25) is 9.59 Å². The van der Waals surface area contributed by atoms with Crippen LogP contribution in [0.15, 0.2) is 0 Å². The molecule has 0 radical (unpaired) electrons. The first kappa shape index (κ1) is 17.9. The molecule has 0 aromatic heterocycles. The molecule has 0 spiro atoms. The Morgan fingerprint density at radius 2 is 1.25 bits per heavy atom. The molecular formula is C11H21LiO4. The van der Waals surface area contributed by atoms with Gasteiger partial charge < -0.3 is 10.2 Å². The van der Waals surface area contributed by atoms with E-state index in [1.165, 1.54) is 0 Å². The molecule has 0 aliphatic rings. The van der Waals surface area contributed by atoms with E-state index in [1.54, 1.807) is 0 Å². The molecule has 0 fully saturated rings. The summed E-state index contributed by atoms with van der Waals surface area (Å²) in [6.45, 7) is 3.85. The number of rotatable bonds is 8. The van der Waals surface area contributed by atoms with Crippen LogP contribution in [0.4, 0.5) is 0 Å². The molecule has 0 bridgehead atoms.